The van der Waals surface area contributed by atoms with Crippen LogP contribution in [0.25, 0.3) is 0 Å². The highest BCUT2D eigenvalue weighted by molar-refractivity contribution is 5.94. The molecular formula is C14H14N2O. The maximum Gasteiger partial charge on any atom is 0.247 e. The molecular weight excluding hydrogens is 212 g/mol. The molecule has 0 fully saturated rings. The lowest BCUT2D eigenvalue weighted by molar-refractivity contribution is -0.117. The number of nitrogens with one attached hydrogen (secondary N) is 1. The lowest BCUT2D eigenvalue weighted by atomic mass is 10.1. The Morgan fingerprint density at radius 2 is 2.29 bits per heavy atom. The number of pyridine rings is 1. The van der Waals surface area contributed by atoms with Crippen LogP contribution >= 0.6 is 0 Å². The van der Waals surface area contributed by atoms with Crippen LogP contribution in [0.4, 0.5) is 0 Å². The lowest BCUT2D eigenvalue weighted by Crippen LogP contribution is -2.24. The highest BCUT2D eigenvalue weighted by Crippen LogP contribution is 2.07. The van der Waals surface area contributed by atoms with E-state index in [0.717, 1.165) is 11.1 Å². The molecule has 3 nitrogen and oxygen atoms in total. The van der Waals surface area contributed by atoms with Gasteiger partial charge in [0.1, 0.15) is 0 Å². The molecule has 1 aromatic heterocycles. The van der Waals surface area contributed by atoms with Gasteiger partial charge in [-0.3, -0.25) is 9.78 Å². The van der Waals surface area contributed by atoms with Crippen LogP contribution in [-0.4, -0.2) is 10.9 Å². The van der Waals surface area contributed by atoms with E-state index in [4.69, 9.17) is 0 Å². The van der Waals surface area contributed by atoms with E-state index in [1.807, 2.05) is 42.5 Å². The minimum absolute atomic E-state index is 0.0231. The van der Waals surface area contributed by atoms with Gasteiger partial charge in [-0.2, -0.15) is 0 Å². The minimum Gasteiger partial charge on any atom is -0.348 e. The highest BCUT2D eigenvalue weighted by Gasteiger charge is 2.07. The summed E-state index contributed by atoms with van der Waals surface area (Å²) in [6, 6.07) is 3.80. The molecule has 0 aromatic carbocycles. The molecule has 0 saturated heterocycles. The van der Waals surface area contributed by atoms with E-state index in [0.29, 0.717) is 13.0 Å². The van der Waals surface area contributed by atoms with Crippen molar-refractivity contribution in [1.29, 1.82) is 0 Å². The van der Waals surface area contributed by atoms with Crippen LogP contribution in [-0.2, 0) is 11.3 Å². The van der Waals surface area contributed by atoms with Gasteiger partial charge in [0.25, 0.3) is 0 Å². The molecule has 1 N–H and O–H groups in total. The van der Waals surface area contributed by atoms with Gasteiger partial charge in [-0.15, -0.1) is 0 Å². The fourth-order valence-corrected chi connectivity index (χ4v) is 1.54. The zero-order chi connectivity index (χ0) is 11.9. The Morgan fingerprint density at radius 3 is 3.12 bits per heavy atom. The predicted octanol–water partition coefficient (Wildman–Crippen LogP) is 2.14. The summed E-state index contributed by atoms with van der Waals surface area (Å²) < 4.78 is 0. The molecule has 0 atom stereocenters. The maximum atomic E-state index is 11.9. The van der Waals surface area contributed by atoms with E-state index >= 15 is 0 Å². The quantitative estimate of drug-likeness (QED) is 0.858. The standard InChI is InChI=1S/C14H14N2O/c17-14(13-7-3-1-2-4-8-13)16-11-12-6-5-9-15-10-12/h1-7,9-10H,8,11H2,(H,16,17). The van der Waals surface area contributed by atoms with Crippen molar-refractivity contribution < 1.29 is 4.79 Å². The van der Waals surface area contributed by atoms with Crippen molar-refractivity contribution in [3.63, 3.8) is 0 Å². The molecule has 0 aliphatic heterocycles. The smallest absolute Gasteiger partial charge is 0.247 e. The fraction of sp³-hybridized carbons (Fsp3) is 0.143. The number of hydrogen-bond donors (Lipinski definition) is 1. The van der Waals surface area contributed by atoms with Crippen molar-refractivity contribution in [3.8, 4) is 0 Å². The molecule has 3 heteroatoms. The van der Waals surface area contributed by atoms with Crippen LogP contribution in [0.1, 0.15) is 12.0 Å². The molecule has 0 radical (unpaired) electrons. The largest absolute Gasteiger partial charge is 0.348 e. The minimum atomic E-state index is -0.0231. The van der Waals surface area contributed by atoms with Gasteiger partial charge in [0.2, 0.25) is 5.91 Å². The third kappa shape index (κ3) is 3.41. The summed E-state index contributed by atoms with van der Waals surface area (Å²) in [5, 5.41) is 2.88. The molecule has 0 unspecified atom stereocenters. The molecule has 1 aliphatic carbocycles. The number of carbonyl (C=O) groups excluding carboxylic acids is 1. The van der Waals surface area contributed by atoms with Crippen molar-refractivity contribution in [3.05, 3.63) is 66.0 Å². The van der Waals surface area contributed by atoms with Crippen molar-refractivity contribution >= 4 is 5.91 Å². The third-order valence-electron chi connectivity index (χ3n) is 2.46. The topological polar surface area (TPSA) is 42.0 Å². The van der Waals surface area contributed by atoms with Crippen LogP contribution in [0, 0.1) is 0 Å². The molecule has 1 heterocycles. The van der Waals surface area contributed by atoms with Crippen LogP contribution in [0.3, 0.4) is 0 Å². The summed E-state index contributed by atoms with van der Waals surface area (Å²) in [5.74, 6) is -0.0231. The third-order valence-corrected chi connectivity index (χ3v) is 2.46. The Hall–Kier alpha value is -2.16. The van der Waals surface area contributed by atoms with Gasteiger partial charge in [-0.05, 0) is 18.1 Å². The molecule has 86 valence electrons. The number of carbonyl (C=O) groups is 1. The van der Waals surface area contributed by atoms with Crippen molar-refractivity contribution in [1.82, 2.24) is 10.3 Å². The van der Waals surface area contributed by atoms with Crippen molar-refractivity contribution in [2.45, 2.75) is 13.0 Å². The molecule has 1 aromatic rings. The zero-order valence-electron chi connectivity index (χ0n) is 9.47. The van der Waals surface area contributed by atoms with Gasteiger partial charge in [0.05, 0.1) is 0 Å². The van der Waals surface area contributed by atoms with E-state index in [-0.39, 0.29) is 5.91 Å². The zero-order valence-corrected chi connectivity index (χ0v) is 9.47. The van der Waals surface area contributed by atoms with E-state index in [1.54, 1.807) is 12.4 Å². The number of aromatic nitrogens is 1. The summed E-state index contributed by atoms with van der Waals surface area (Å²) in [4.78, 5) is 15.9. The van der Waals surface area contributed by atoms with E-state index in [1.165, 1.54) is 0 Å². The van der Waals surface area contributed by atoms with Crippen molar-refractivity contribution in [2.24, 2.45) is 0 Å². The average Bonchev–Trinajstić information content (AvgIpc) is 2.66. The monoisotopic (exact) mass is 226 g/mol. The van der Waals surface area contributed by atoms with Crippen LogP contribution < -0.4 is 5.32 Å². The second-order valence-electron chi connectivity index (χ2n) is 3.75. The van der Waals surface area contributed by atoms with Gasteiger partial charge in [-0.1, -0.05) is 36.4 Å². The Morgan fingerprint density at radius 1 is 1.35 bits per heavy atom. The van der Waals surface area contributed by atoms with Crippen molar-refractivity contribution in [2.75, 3.05) is 0 Å². The lowest BCUT2D eigenvalue weighted by Gasteiger charge is -2.06. The first-order chi connectivity index (χ1) is 8.36. The Kier molecular flexibility index (Phi) is 3.86. The summed E-state index contributed by atoms with van der Waals surface area (Å²) in [5.41, 5.74) is 1.78. The molecule has 0 saturated carbocycles. The number of allylic oxidation sites excluding steroid dienone is 5. The van der Waals surface area contributed by atoms with E-state index in [9.17, 15) is 4.79 Å². The summed E-state index contributed by atoms with van der Waals surface area (Å²) in [7, 11) is 0. The molecule has 0 spiro atoms. The summed E-state index contributed by atoms with van der Waals surface area (Å²) in [6.45, 7) is 0.511. The number of nitrogens with zero attached hydrogens (tertiary/aromatic N) is 1. The first kappa shape index (κ1) is 11.3. The predicted molar refractivity (Wildman–Crippen MR) is 67.1 cm³/mol. The molecule has 2 rings (SSSR count). The first-order valence-electron chi connectivity index (χ1n) is 5.56. The Balaban J connectivity index is 1.92. The van der Waals surface area contributed by atoms with Gasteiger partial charge in [-0.25, -0.2) is 0 Å². The SMILES string of the molecule is O=C(NCc1cccnc1)C1=CC=CC=CC1. The molecule has 1 aliphatic rings. The van der Waals surface area contributed by atoms with Gasteiger partial charge < -0.3 is 5.32 Å². The normalized spacial score (nSPS) is 14.0. The Bertz CT molecular complexity index is 472. The van der Waals surface area contributed by atoms with Gasteiger partial charge >= 0.3 is 0 Å². The number of hydrogen-bond acceptors (Lipinski definition) is 2. The fourth-order valence-electron chi connectivity index (χ4n) is 1.54. The maximum absolute atomic E-state index is 11.9. The second-order valence-corrected chi connectivity index (χ2v) is 3.75. The van der Waals surface area contributed by atoms with Gasteiger partial charge in [0, 0.05) is 24.5 Å². The van der Waals surface area contributed by atoms with Gasteiger partial charge in [0.15, 0.2) is 0 Å². The van der Waals surface area contributed by atoms with Crippen LogP contribution in [0.5, 0.6) is 0 Å². The van der Waals surface area contributed by atoms with Crippen LogP contribution in [0.15, 0.2) is 60.5 Å². The summed E-state index contributed by atoms with van der Waals surface area (Å²) >= 11 is 0. The first-order valence-corrected chi connectivity index (χ1v) is 5.56. The highest BCUT2D eigenvalue weighted by atomic mass is 16.1. The molecule has 17 heavy (non-hydrogen) atoms. The van der Waals surface area contributed by atoms with E-state index in [2.05, 4.69) is 10.3 Å². The average molecular weight is 226 g/mol. The Labute approximate surface area is 101 Å². The number of rotatable bonds is 3. The summed E-state index contributed by atoms with van der Waals surface area (Å²) in [6.07, 6.45) is 13.7. The van der Waals surface area contributed by atoms with E-state index < -0.39 is 0 Å². The molecule has 0 bridgehead atoms. The van der Waals surface area contributed by atoms with Crippen LogP contribution in [0.2, 0.25) is 0 Å². The number of amides is 1. The second kappa shape index (κ2) is 5.80. The molecule has 1 amide bonds.